The summed E-state index contributed by atoms with van der Waals surface area (Å²) in [6, 6.07) is 0.373. The van der Waals surface area contributed by atoms with Crippen LogP contribution in [0, 0.1) is 5.41 Å². The molecule has 0 aliphatic heterocycles. The van der Waals surface area contributed by atoms with Crippen LogP contribution in [0.3, 0.4) is 0 Å². The molecule has 1 aromatic heterocycles. The van der Waals surface area contributed by atoms with Crippen molar-refractivity contribution in [3.63, 3.8) is 0 Å². The first kappa shape index (κ1) is 15.2. The van der Waals surface area contributed by atoms with Gasteiger partial charge >= 0.3 is 0 Å². The zero-order valence-corrected chi connectivity index (χ0v) is 13.7. The van der Waals surface area contributed by atoms with E-state index in [-0.39, 0.29) is 5.41 Å². The monoisotopic (exact) mass is 314 g/mol. The van der Waals surface area contributed by atoms with E-state index in [4.69, 9.17) is 0 Å². The van der Waals surface area contributed by atoms with Gasteiger partial charge in [0, 0.05) is 19.6 Å². The summed E-state index contributed by atoms with van der Waals surface area (Å²) in [7, 11) is 2.07. The summed E-state index contributed by atoms with van der Waals surface area (Å²) in [5.74, 6) is 1.76. The molecule has 1 unspecified atom stereocenters. The van der Waals surface area contributed by atoms with E-state index in [1.54, 1.807) is 6.33 Å². The first-order valence-corrected chi connectivity index (χ1v) is 7.05. The standard InChI is InChI=1S/C13H23BrN4/c1-7-15-11-10(14)12(17-8-16-11)18(6)9(2)13(3,4)5/h8-9H,7H2,1-6H3,(H,15,16,17). The van der Waals surface area contributed by atoms with Crippen molar-refractivity contribution >= 4 is 27.6 Å². The molecule has 1 rings (SSSR count). The molecule has 4 nitrogen and oxygen atoms in total. The molecule has 18 heavy (non-hydrogen) atoms. The van der Waals surface area contributed by atoms with E-state index >= 15 is 0 Å². The summed E-state index contributed by atoms with van der Waals surface area (Å²) in [6.45, 7) is 11.8. The third-order valence-corrected chi connectivity index (χ3v) is 4.01. The molecule has 102 valence electrons. The lowest BCUT2D eigenvalue weighted by molar-refractivity contribution is 0.328. The largest absolute Gasteiger partial charge is 0.369 e. The molecule has 0 aliphatic rings. The van der Waals surface area contributed by atoms with Gasteiger partial charge in [-0.25, -0.2) is 9.97 Å². The van der Waals surface area contributed by atoms with Gasteiger partial charge in [0.25, 0.3) is 0 Å². The Kier molecular flexibility index (Phi) is 4.96. The molecule has 1 atom stereocenters. The topological polar surface area (TPSA) is 41.1 Å². The number of nitrogens with one attached hydrogen (secondary N) is 1. The number of hydrogen-bond acceptors (Lipinski definition) is 4. The van der Waals surface area contributed by atoms with E-state index in [2.05, 4.69) is 77.8 Å². The molecule has 1 N–H and O–H groups in total. The second-order valence-corrected chi connectivity index (χ2v) is 6.34. The van der Waals surface area contributed by atoms with E-state index in [1.165, 1.54) is 0 Å². The molecule has 0 spiro atoms. The highest BCUT2D eigenvalue weighted by Crippen LogP contribution is 2.33. The van der Waals surface area contributed by atoms with Crippen molar-refractivity contribution in [2.75, 3.05) is 23.8 Å². The zero-order valence-electron chi connectivity index (χ0n) is 12.1. The molecule has 0 saturated heterocycles. The molecule has 1 heterocycles. The molecular weight excluding hydrogens is 292 g/mol. The lowest BCUT2D eigenvalue weighted by Crippen LogP contribution is -2.40. The minimum absolute atomic E-state index is 0.192. The maximum atomic E-state index is 4.38. The third kappa shape index (κ3) is 3.34. The summed E-state index contributed by atoms with van der Waals surface area (Å²) in [5.41, 5.74) is 0.192. The molecule has 0 saturated carbocycles. The smallest absolute Gasteiger partial charge is 0.148 e. The van der Waals surface area contributed by atoms with Gasteiger partial charge < -0.3 is 10.2 Å². The van der Waals surface area contributed by atoms with E-state index in [0.717, 1.165) is 22.7 Å². The van der Waals surface area contributed by atoms with E-state index in [1.807, 2.05) is 0 Å². The van der Waals surface area contributed by atoms with Crippen LogP contribution >= 0.6 is 15.9 Å². The van der Waals surface area contributed by atoms with Crippen molar-refractivity contribution in [1.29, 1.82) is 0 Å². The highest BCUT2D eigenvalue weighted by molar-refractivity contribution is 9.10. The Morgan fingerprint density at radius 1 is 1.39 bits per heavy atom. The molecule has 0 fully saturated rings. The van der Waals surface area contributed by atoms with Crippen molar-refractivity contribution in [1.82, 2.24) is 9.97 Å². The van der Waals surface area contributed by atoms with Gasteiger partial charge in [-0.1, -0.05) is 20.8 Å². The lowest BCUT2D eigenvalue weighted by Gasteiger charge is -2.36. The fourth-order valence-corrected chi connectivity index (χ4v) is 2.29. The predicted octanol–water partition coefficient (Wildman–Crippen LogP) is 3.54. The van der Waals surface area contributed by atoms with Crippen molar-refractivity contribution in [2.45, 2.75) is 40.7 Å². The van der Waals surface area contributed by atoms with Gasteiger partial charge in [0.1, 0.15) is 22.4 Å². The first-order valence-electron chi connectivity index (χ1n) is 6.26. The van der Waals surface area contributed by atoms with Crippen LogP contribution in [0.2, 0.25) is 0 Å². The van der Waals surface area contributed by atoms with Crippen molar-refractivity contribution in [3.8, 4) is 0 Å². The van der Waals surface area contributed by atoms with E-state index < -0.39 is 0 Å². The van der Waals surface area contributed by atoms with Crippen molar-refractivity contribution < 1.29 is 0 Å². The van der Waals surface area contributed by atoms with E-state index in [0.29, 0.717) is 6.04 Å². The Morgan fingerprint density at radius 2 is 2.00 bits per heavy atom. The molecular formula is C13H23BrN4. The van der Waals surface area contributed by atoms with Crippen LogP contribution < -0.4 is 10.2 Å². The zero-order chi connectivity index (χ0) is 13.9. The van der Waals surface area contributed by atoms with Crippen molar-refractivity contribution in [3.05, 3.63) is 10.8 Å². The van der Waals surface area contributed by atoms with E-state index in [9.17, 15) is 0 Å². The van der Waals surface area contributed by atoms with Crippen LogP contribution in [-0.2, 0) is 0 Å². The molecule has 1 aromatic rings. The highest BCUT2D eigenvalue weighted by atomic mass is 79.9. The fraction of sp³-hybridized carbons (Fsp3) is 0.692. The molecule has 0 radical (unpaired) electrons. The molecule has 0 amide bonds. The minimum atomic E-state index is 0.192. The summed E-state index contributed by atoms with van der Waals surface area (Å²) >= 11 is 3.59. The molecule has 5 heteroatoms. The maximum Gasteiger partial charge on any atom is 0.148 e. The summed E-state index contributed by atoms with van der Waals surface area (Å²) < 4.78 is 0.922. The van der Waals surface area contributed by atoms with Gasteiger partial charge in [-0.2, -0.15) is 0 Å². The number of hydrogen-bond donors (Lipinski definition) is 1. The Morgan fingerprint density at radius 3 is 2.50 bits per heavy atom. The van der Waals surface area contributed by atoms with Gasteiger partial charge in [-0.3, -0.25) is 0 Å². The lowest BCUT2D eigenvalue weighted by atomic mass is 9.87. The second-order valence-electron chi connectivity index (χ2n) is 5.54. The Balaban J connectivity index is 3.06. The van der Waals surface area contributed by atoms with Crippen LogP contribution in [0.15, 0.2) is 10.8 Å². The number of aromatic nitrogens is 2. The predicted molar refractivity (Wildman–Crippen MR) is 81.2 cm³/mol. The van der Waals surface area contributed by atoms with Crippen LogP contribution in [0.4, 0.5) is 11.6 Å². The molecule has 0 aliphatic carbocycles. The average molecular weight is 315 g/mol. The quantitative estimate of drug-likeness (QED) is 0.923. The normalized spacial score (nSPS) is 13.3. The maximum absolute atomic E-state index is 4.38. The SMILES string of the molecule is CCNc1ncnc(N(C)C(C)C(C)(C)C)c1Br. The second kappa shape index (κ2) is 5.87. The number of anilines is 2. The Bertz CT molecular complexity index is 400. The van der Waals surface area contributed by atoms with Crippen LogP contribution in [0.25, 0.3) is 0 Å². The van der Waals surface area contributed by atoms with Crippen LogP contribution in [-0.4, -0.2) is 29.6 Å². The Hall–Kier alpha value is -0.840. The molecule has 0 aromatic carbocycles. The first-order chi connectivity index (χ1) is 8.29. The average Bonchev–Trinajstić information content (AvgIpc) is 2.29. The summed E-state index contributed by atoms with van der Waals surface area (Å²) in [6.07, 6.45) is 1.60. The van der Waals surface area contributed by atoms with Gasteiger partial charge in [0.2, 0.25) is 0 Å². The van der Waals surface area contributed by atoms with Gasteiger partial charge in [0.05, 0.1) is 0 Å². The third-order valence-electron chi connectivity index (χ3n) is 3.28. The number of rotatable bonds is 4. The van der Waals surface area contributed by atoms with Crippen LogP contribution in [0.1, 0.15) is 34.6 Å². The fourth-order valence-electron chi connectivity index (χ4n) is 1.66. The van der Waals surface area contributed by atoms with Gasteiger partial charge in [-0.15, -0.1) is 0 Å². The number of nitrogens with zero attached hydrogens (tertiary/aromatic N) is 3. The van der Waals surface area contributed by atoms with Crippen LogP contribution in [0.5, 0.6) is 0 Å². The summed E-state index contributed by atoms with van der Waals surface area (Å²) in [5, 5.41) is 3.22. The molecule has 0 bridgehead atoms. The van der Waals surface area contributed by atoms with Gasteiger partial charge in [0.15, 0.2) is 0 Å². The summed E-state index contributed by atoms with van der Waals surface area (Å²) in [4.78, 5) is 10.8. The highest BCUT2D eigenvalue weighted by Gasteiger charge is 2.26. The minimum Gasteiger partial charge on any atom is -0.369 e. The number of halogens is 1. The van der Waals surface area contributed by atoms with Crippen molar-refractivity contribution in [2.24, 2.45) is 5.41 Å². The Labute approximate surface area is 118 Å². The van der Waals surface area contributed by atoms with Gasteiger partial charge in [-0.05, 0) is 35.2 Å².